The minimum atomic E-state index is 0.0598. The average Bonchev–Trinajstić information content (AvgIpc) is 3.38. The highest BCUT2D eigenvalue weighted by molar-refractivity contribution is 5.69. The molecule has 0 amide bonds. The van der Waals surface area contributed by atoms with E-state index in [0.717, 1.165) is 48.9 Å². The van der Waals surface area contributed by atoms with Crippen molar-refractivity contribution in [2.24, 2.45) is 40.4 Å². The van der Waals surface area contributed by atoms with Crippen molar-refractivity contribution in [3.8, 4) is 0 Å². The monoisotopic (exact) mass is 637 g/mol. The fraction of sp³-hybridized carbons (Fsp3) is 0.886. The highest BCUT2D eigenvalue weighted by atomic mass is 16.5. The van der Waals surface area contributed by atoms with E-state index in [1.54, 1.807) is 5.57 Å². The molecular weight excluding hydrogens is 560 g/mol. The Bertz CT molecular complexity index is 963. The lowest BCUT2D eigenvalue weighted by molar-refractivity contribution is -0.151. The van der Waals surface area contributed by atoms with Crippen LogP contribution in [0.5, 0.6) is 0 Å². The summed E-state index contributed by atoms with van der Waals surface area (Å²) in [4.78, 5) is 12.8. The molecule has 0 aromatic carbocycles. The van der Waals surface area contributed by atoms with E-state index in [4.69, 9.17) is 4.74 Å². The fourth-order valence-corrected chi connectivity index (χ4v) is 11.3. The average molecular weight is 637 g/mol. The fourth-order valence-electron chi connectivity index (χ4n) is 11.3. The summed E-state index contributed by atoms with van der Waals surface area (Å²) in [6, 6.07) is 0. The Hall–Kier alpha value is -1.05. The van der Waals surface area contributed by atoms with Gasteiger partial charge in [0, 0.05) is 12.8 Å². The third-order valence-electron chi connectivity index (χ3n) is 14.1. The lowest BCUT2D eigenvalue weighted by atomic mass is 9.47. The first-order valence-corrected chi connectivity index (χ1v) is 20.7. The summed E-state index contributed by atoms with van der Waals surface area (Å²) in [6.45, 7) is 16.5. The molecule has 0 saturated heterocycles. The number of hydrogen-bond acceptors (Lipinski definition) is 2. The number of hydrogen-bond donors (Lipinski definition) is 0. The summed E-state index contributed by atoms with van der Waals surface area (Å²) in [5.74, 6) is 4.39. The van der Waals surface area contributed by atoms with E-state index in [2.05, 4.69) is 47.3 Å². The molecule has 8 atom stereocenters. The van der Waals surface area contributed by atoms with Crippen LogP contribution >= 0.6 is 0 Å². The number of fused-ring (bicyclic) bond motifs is 5. The van der Waals surface area contributed by atoms with Crippen molar-refractivity contribution in [1.82, 2.24) is 0 Å². The number of rotatable bonds is 21. The van der Waals surface area contributed by atoms with Crippen molar-refractivity contribution in [2.75, 3.05) is 0 Å². The molecule has 0 aromatic rings. The van der Waals surface area contributed by atoms with E-state index in [1.165, 1.54) is 147 Å². The zero-order valence-electron chi connectivity index (χ0n) is 31.4. The molecule has 4 aliphatic carbocycles. The van der Waals surface area contributed by atoms with Crippen molar-refractivity contribution in [3.63, 3.8) is 0 Å². The van der Waals surface area contributed by atoms with Gasteiger partial charge in [-0.15, -0.1) is 6.58 Å². The van der Waals surface area contributed by atoms with Gasteiger partial charge in [-0.25, -0.2) is 0 Å². The lowest BCUT2D eigenvalue weighted by Gasteiger charge is -2.58. The van der Waals surface area contributed by atoms with E-state index in [1.807, 2.05) is 0 Å². The summed E-state index contributed by atoms with van der Waals surface area (Å²) in [5, 5.41) is 0. The second-order valence-corrected chi connectivity index (χ2v) is 17.5. The minimum absolute atomic E-state index is 0.0598. The molecule has 4 aliphatic rings. The van der Waals surface area contributed by atoms with Crippen LogP contribution in [0.4, 0.5) is 0 Å². The van der Waals surface area contributed by atoms with Gasteiger partial charge in [-0.05, 0) is 112 Å². The van der Waals surface area contributed by atoms with Crippen molar-refractivity contribution in [3.05, 3.63) is 23.8 Å². The second kappa shape index (κ2) is 18.6. The Labute approximate surface area is 286 Å². The van der Waals surface area contributed by atoms with Gasteiger partial charge in [-0.1, -0.05) is 135 Å². The van der Waals surface area contributed by atoms with Crippen molar-refractivity contribution < 1.29 is 9.53 Å². The molecule has 0 aromatic heterocycles. The van der Waals surface area contributed by atoms with E-state index < -0.39 is 0 Å². The van der Waals surface area contributed by atoms with Crippen LogP contribution in [0.3, 0.4) is 0 Å². The Morgan fingerprint density at radius 1 is 0.826 bits per heavy atom. The largest absolute Gasteiger partial charge is 0.462 e. The third-order valence-corrected chi connectivity index (χ3v) is 14.1. The van der Waals surface area contributed by atoms with Crippen LogP contribution in [0.2, 0.25) is 0 Å². The number of esters is 1. The van der Waals surface area contributed by atoms with E-state index in [9.17, 15) is 4.79 Å². The second-order valence-electron chi connectivity index (χ2n) is 17.5. The molecule has 2 heteroatoms. The van der Waals surface area contributed by atoms with E-state index >= 15 is 0 Å². The number of carbonyl (C=O) groups is 1. The smallest absolute Gasteiger partial charge is 0.306 e. The topological polar surface area (TPSA) is 26.3 Å². The summed E-state index contributed by atoms with van der Waals surface area (Å²) in [6.07, 6.45) is 36.4. The van der Waals surface area contributed by atoms with Crippen LogP contribution in [0.25, 0.3) is 0 Å². The lowest BCUT2D eigenvalue weighted by Crippen LogP contribution is -2.51. The molecular formula is C44H76O2. The van der Waals surface area contributed by atoms with Gasteiger partial charge in [-0.3, -0.25) is 4.79 Å². The van der Waals surface area contributed by atoms with E-state index in [0.29, 0.717) is 17.3 Å². The summed E-state index contributed by atoms with van der Waals surface area (Å²) >= 11 is 0. The molecule has 3 saturated carbocycles. The Balaban J connectivity index is 1.12. The third kappa shape index (κ3) is 10.00. The Morgan fingerprint density at radius 3 is 2.09 bits per heavy atom. The maximum absolute atomic E-state index is 12.8. The molecule has 264 valence electrons. The van der Waals surface area contributed by atoms with Gasteiger partial charge in [0.25, 0.3) is 0 Å². The van der Waals surface area contributed by atoms with Crippen LogP contribution in [0, 0.1) is 40.4 Å². The first-order valence-electron chi connectivity index (χ1n) is 20.7. The predicted molar refractivity (Wildman–Crippen MR) is 198 cm³/mol. The molecule has 1 unspecified atom stereocenters. The van der Waals surface area contributed by atoms with Gasteiger partial charge < -0.3 is 4.74 Å². The molecule has 0 N–H and O–H groups in total. The zero-order chi connectivity index (χ0) is 33.0. The number of carbonyl (C=O) groups excluding carboxylic acids is 1. The Kier molecular flexibility index (Phi) is 15.3. The molecule has 0 bridgehead atoms. The van der Waals surface area contributed by atoms with Gasteiger partial charge in [0.1, 0.15) is 6.10 Å². The number of allylic oxidation sites excluding steroid dienone is 2. The first kappa shape index (κ1) is 37.8. The van der Waals surface area contributed by atoms with Crippen LogP contribution < -0.4 is 0 Å². The van der Waals surface area contributed by atoms with Crippen LogP contribution in [-0.4, -0.2) is 12.1 Å². The van der Waals surface area contributed by atoms with Gasteiger partial charge in [0.15, 0.2) is 0 Å². The van der Waals surface area contributed by atoms with Gasteiger partial charge in [0.2, 0.25) is 0 Å². The SMILES string of the molecule is C=C(C)CCCC(C)[C@H]1CC[C@H]2[C@@H]3CC=C4C[C@@H](OC(=O)CCCCCCCCCCCCCCCC)CC[C@]4(C)[C@H]3CC[C@]12C. The number of ether oxygens (including phenoxy) is 1. The van der Waals surface area contributed by atoms with Crippen LogP contribution in [0.15, 0.2) is 23.8 Å². The standard InChI is InChI=1S/C44H76O2/c1-7-8-9-10-11-12-13-14-15-16-17-18-19-20-24-42(45)46-37-29-31-43(5)36(33-37)25-26-38-40-28-27-39(35(4)23-21-22-34(2)3)44(40,6)32-30-41(38)43/h25,35,37-41H,2,7-24,26-33H2,1,3-6H3/t35?,37-,38-,39+,40-,41-,43-,44+/m0/s1. The molecule has 0 spiro atoms. The molecule has 2 nitrogen and oxygen atoms in total. The predicted octanol–water partition coefficient (Wildman–Crippen LogP) is 13.7. The molecule has 4 rings (SSSR count). The van der Waals surface area contributed by atoms with Crippen molar-refractivity contribution in [1.29, 1.82) is 0 Å². The first-order chi connectivity index (χ1) is 22.2. The van der Waals surface area contributed by atoms with Crippen molar-refractivity contribution in [2.45, 2.75) is 208 Å². The summed E-state index contributed by atoms with van der Waals surface area (Å²) < 4.78 is 6.12. The zero-order valence-corrected chi connectivity index (χ0v) is 31.4. The maximum Gasteiger partial charge on any atom is 0.306 e. The summed E-state index contributed by atoms with van der Waals surface area (Å²) in [5.41, 5.74) is 3.84. The minimum Gasteiger partial charge on any atom is -0.462 e. The van der Waals surface area contributed by atoms with Gasteiger partial charge in [-0.2, -0.15) is 0 Å². The highest BCUT2D eigenvalue weighted by Gasteiger charge is 2.59. The molecule has 3 fully saturated rings. The normalized spacial score (nSPS) is 32.6. The summed E-state index contributed by atoms with van der Waals surface area (Å²) in [7, 11) is 0. The highest BCUT2D eigenvalue weighted by Crippen LogP contribution is 2.67. The molecule has 0 heterocycles. The van der Waals surface area contributed by atoms with Crippen LogP contribution in [0.1, 0.15) is 202 Å². The molecule has 0 radical (unpaired) electrons. The van der Waals surface area contributed by atoms with Gasteiger partial charge >= 0.3 is 5.97 Å². The van der Waals surface area contributed by atoms with Crippen LogP contribution in [-0.2, 0) is 9.53 Å². The molecule has 46 heavy (non-hydrogen) atoms. The van der Waals surface area contributed by atoms with Crippen molar-refractivity contribution >= 4 is 5.97 Å². The Morgan fingerprint density at radius 2 is 1.46 bits per heavy atom. The molecule has 0 aliphatic heterocycles. The number of unbranched alkanes of at least 4 members (excludes halogenated alkanes) is 13. The van der Waals surface area contributed by atoms with Gasteiger partial charge in [0.05, 0.1) is 0 Å². The van der Waals surface area contributed by atoms with E-state index in [-0.39, 0.29) is 12.1 Å². The maximum atomic E-state index is 12.8. The quantitative estimate of drug-likeness (QED) is 0.0712.